The quantitative estimate of drug-likeness (QED) is 0.525. The lowest BCUT2D eigenvalue weighted by atomic mass is 10.1. The first-order valence-corrected chi connectivity index (χ1v) is 3.76. The Morgan fingerprint density at radius 2 is 1.86 bits per heavy atom. The maximum atomic E-state index is 12.5. The molecule has 0 spiro atoms. The Hall–Kier alpha value is -1.62. The molecule has 0 atom stereocenters. The number of carbonyl (C=O) groups excluding carboxylic acids is 1. The predicted octanol–water partition coefficient (Wildman–Crippen LogP) is 1.07. The minimum absolute atomic E-state index is 0.0856. The fourth-order valence-electron chi connectivity index (χ4n) is 0.758. The van der Waals surface area contributed by atoms with Crippen LogP contribution < -0.4 is 11.5 Å². The van der Waals surface area contributed by atoms with Crippen LogP contribution in [0.25, 0.3) is 0 Å². The van der Waals surface area contributed by atoms with E-state index < -0.39 is 5.82 Å². The normalized spacial score (nSPS) is 8.79. The summed E-state index contributed by atoms with van der Waals surface area (Å²) in [5, 5.41) is 0. The first-order chi connectivity index (χ1) is 6.56. The number of methoxy groups -OCH3 is 1. The van der Waals surface area contributed by atoms with Gasteiger partial charge in [0.05, 0.1) is 11.4 Å². The third-order valence-corrected chi connectivity index (χ3v) is 1.34. The molecular weight excluding hydrogens is 187 g/mol. The number of anilines is 2. The Labute approximate surface area is 81.7 Å². The number of hydrogen-bond donors (Lipinski definition) is 2. The van der Waals surface area contributed by atoms with Crippen molar-refractivity contribution >= 4 is 17.7 Å². The molecule has 14 heavy (non-hydrogen) atoms. The van der Waals surface area contributed by atoms with Crippen molar-refractivity contribution in [3.63, 3.8) is 0 Å². The van der Waals surface area contributed by atoms with Gasteiger partial charge in [-0.25, -0.2) is 4.39 Å². The van der Waals surface area contributed by atoms with Crippen molar-refractivity contribution in [3.05, 3.63) is 23.5 Å². The molecule has 0 saturated heterocycles. The summed E-state index contributed by atoms with van der Waals surface area (Å²) in [5.41, 5.74) is 10.9. The van der Waals surface area contributed by atoms with Gasteiger partial charge in [0.15, 0.2) is 6.29 Å². The van der Waals surface area contributed by atoms with Crippen LogP contribution in [0.2, 0.25) is 0 Å². The third kappa shape index (κ3) is 3.40. The smallest absolute Gasteiger partial charge is 0.152 e. The molecule has 1 aromatic carbocycles. The van der Waals surface area contributed by atoms with Crippen LogP contribution in [0.15, 0.2) is 12.1 Å². The predicted molar refractivity (Wildman–Crippen MR) is 53.5 cm³/mol. The molecule has 0 amide bonds. The zero-order chi connectivity index (χ0) is 11.1. The molecule has 0 bridgehead atoms. The van der Waals surface area contributed by atoms with E-state index in [1.54, 1.807) is 14.2 Å². The number of nitrogen functional groups attached to an aromatic ring is 2. The van der Waals surface area contributed by atoms with Gasteiger partial charge in [0.1, 0.15) is 5.82 Å². The summed E-state index contributed by atoms with van der Waals surface area (Å²) < 4.78 is 16.8. The first-order valence-electron chi connectivity index (χ1n) is 3.76. The number of carbonyl (C=O) groups is 1. The minimum atomic E-state index is -0.557. The second kappa shape index (κ2) is 5.93. The molecule has 78 valence electrons. The van der Waals surface area contributed by atoms with Crippen molar-refractivity contribution in [2.45, 2.75) is 0 Å². The van der Waals surface area contributed by atoms with E-state index in [1.807, 2.05) is 0 Å². The first kappa shape index (κ1) is 12.4. The molecule has 5 heteroatoms. The van der Waals surface area contributed by atoms with Gasteiger partial charge in [0, 0.05) is 19.8 Å². The van der Waals surface area contributed by atoms with Crippen molar-refractivity contribution < 1.29 is 13.9 Å². The van der Waals surface area contributed by atoms with Crippen LogP contribution in [0.1, 0.15) is 10.4 Å². The average Bonchev–Trinajstić information content (AvgIpc) is 2.12. The molecule has 1 aromatic rings. The van der Waals surface area contributed by atoms with Crippen LogP contribution in [0.4, 0.5) is 15.8 Å². The standard InChI is InChI=1S/C7H7FN2O.C2H6O/c8-5-1-4(3-11)7(10)6(9)2-5;1-3-2/h1-3H,9-10H2;1-2H3. The van der Waals surface area contributed by atoms with Crippen molar-refractivity contribution in [1.82, 2.24) is 0 Å². The molecule has 1 rings (SSSR count). The highest BCUT2D eigenvalue weighted by atomic mass is 19.1. The van der Waals surface area contributed by atoms with Gasteiger partial charge >= 0.3 is 0 Å². The Bertz CT molecular complexity index is 316. The number of halogens is 1. The van der Waals surface area contributed by atoms with Gasteiger partial charge in [-0.05, 0) is 12.1 Å². The van der Waals surface area contributed by atoms with Crippen LogP contribution in [0.3, 0.4) is 0 Å². The molecule has 0 saturated carbocycles. The van der Waals surface area contributed by atoms with E-state index in [0.29, 0.717) is 6.29 Å². The molecule has 4 N–H and O–H groups in total. The highest BCUT2D eigenvalue weighted by Crippen LogP contribution is 2.19. The number of ether oxygens (including phenoxy) is 1. The molecule has 0 heterocycles. The van der Waals surface area contributed by atoms with E-state index in [-0.39, 0.29) is 16.9 Å². The number of nitrogens with two attached hydrogens (primary N) is 2. The largest absolute Gasteiger partial charge is 0.397 e. The Morgan fingerprint density at radius 1 is 1.36 bits per heavy atom. The highest BCUT2D eigenvalue weighted by Gasteiger charge is 2.03. The molecule has 0 aliphatic rings. The van der Waals surface area contributed by atoms with Gasteiger partial charge in [0.25, 0.3) is 0 Å². The lowest BCUT2D eigenvalue weighted by Crippen LogP contribution is -2.00. The summed E-state index contributed by atoms with van der Waals surface area (Å²) in [7, 11) is 3.25. The lowest BCUT2D eigenvalue weighted by Gasteiger charge is -2.01. The van der Waals surface area contributed by atoms with Gasteiger partial charge in [-0.2, -0.15) is 0 Å². The number of aldehydes is 1. The summed E-state index contributed by atoms with van der Waals surface area (Å²) in [5.74, 6) is -0.557. The summed E-state index contributed by atoms with van der Waals surface area (Å²) >= 11 is 0. The zero-order valence-corrected chi connectivity index (χ0v) is 8.08. The van der Waals surface area contributed by atoms with E-state index in [2.05, 4.69) is 4.74 Å². The molecular formula is C9H13FN2O2. The summed E-state index contributed by atoms with van der Waals surface area (Å²) in [4.78, 5) is 10.2. The summed E-state index contributed by atoms with van der Waals surface area (Å²) in [6.07, 6.45) is 0.467. The van der Waals surface area contributed by atoms with E-state index in [4.69, 9.17) is 11.5 Å². The van der Waals surface area contributed by atoms with Gasteiger partial charge in [-0.1, -0.05) is 0 Å². The zero-order valence-electron chi connectivity index (χ0n) is 8.08. The van der Waals surface area contributed by atoms with Crippen molar-refractivity contribution in [2.75, 3.05) is 25.7 Å². The molecule has 0 radical (unpaired) electrons. The monoisotopic (exact) mass is 200 g/mol. The van der Waals surface area contributed by atoms with Crippen LogP contribution in [-0.2, 0) is 4.74 Å². The lowest BCUT2D eigenvalue weighted by molar-refractivity contribution is 0.112. The molecule has 0 aliphatic carbocycles. The summed E-state index contributed by atoms with van der Waals surface area (Å²) in [6, 6.07) is 2.11. The Morgan fingerprint density at radius 3 is 2.29 bits per heavy atom. The van der Waals surface area contributed by atoms with Gasteiger partial charge < -0.3 is 16.2 Å². The fraction of sp³-hybridized carbons (Fsp3) is 0.222. The maximum Gasteiger partial charge on any atom is 0.152 e. The van der Waals surface area contributed by atoms with E-state index in [1.165, 1.54) is 0 Å². The van der Waals surface area contributed by atoms with E-state index in [9.17, 15) is 9.18 Å². The van der Waals surface area contributed by atoms with E-state index in [0.717, 1.165) is 12.1 Å². The molecule has 0 aliphatic heterocycles. The molecule has 0 aromatic heterocycles. The molecule has 0 unspecified atom stereocenters. The van der Waals surface area contributed by atoms with Crippen LogP contribution >= 0.6 is 0 Å². The molecule has 0 fully saturated rings. The van der Waals surface area contributed by atoms with Crippen LogP contribution in [0, 0.1) is 5.82 Å². The van der Waals surface area contributed by atoms with Crippen molar-refractivity contribution in [1.29, 1.82) is 0 Å². The fourth-order valence-corrected chi connectivity index (χ4v) is 0.758. The van der Waals surface area contributed by atoms with Crippen LogP contribution in [-0.4, -0.2) is 20.5 Å². The Kier molecular flexibility index (Phi) is 5.24. The van der Waals surface area contributed by atoms with Crippen LogP contribution in [0.5, 0.6) is 0 Å². The number of hydrogen-bond acceptors (Lipinski definition) is 4. The maximum absolute atomic E-state index is 12.5. The molecule has 4 nitrogen and oxygen atoms in total. The second-order valence-electron chi connectivity index (χ2n) is 2.52. The topological polar surface area (TPSA) is 78.3 Å². The highest BCUT2D eigenvalue weighted by molar-refractivity contribution is 5.88. The number of benzene rings is 1. The van der Waals surface area contributed by atoms with Gasteiger partial charge in [0.2, 0.25) is 0 Å². The van der Waals surface area contributed by atoms with E-state index >= 15 is 0 Å². The average molecular weight is 200 g/mol. The SMILES string of the molecule is COC.Nc1cc(F)cc(C=O)c1N. The second-order valence-corrected chi connectivity index (χ2v) is 2.52. The minimum Gasteiger partial charge on any atom is -0.397 e. The number of rotatable bonds is 1. The van der Waals surface area contributed by atoms with Crippen molar-refractivity contribution in [2.24, 2.45) is 0 Å². The summed E-state index contributed by atoms with van der Waals surface area (Å²) in [6.45, 7) is 0. The van der Waals surface area contributed by atoms with Gasteiger partial charge in [-0.15, -0.1) is 0 Å². The van der Waals surface area contributed by atoms with Crippen molar-refractivity contribution in [3.8, 4) is 0 Å². The van der Waals surface area contributed by atoms with Gasteiger partial charge in [-0.3, -0.25) is 4.79 Å². The Balaban J connectivity index is 0.000000500. The third-order valence-electron chi connectivity index (χ3n) is 1.34.